The van der Waals surface area contributed by atoms with Crippen molar-refractivity contribution >= 4 is 0 Å². The fourth-order valence-electron chi connectivity index (χ4n) is 2.21. The molecule has 0 aromatic heterocycles. The molecule has 110 valence electrons. The first kappa shape index (κ1) is 14.0. The Hall–Kier alpha value is -2.00. The molecule has 0 bridgehead atoms. The van der Waals surface area contributed by atoms with Gasteiger partial charge in [-0.1, -0.05) is 18.2 Å². The molecule has 1 saturated carbocycles. The van der Waals surface area contributed by atoms with Crippen LogP contribution >= 0.6 is 0 Å². The van der Waals surface area contributed by atoms with Gasteiger partial charge in [0.05, 0.1) is 7.11 Å². The second-order valence-corrected chi connectivity index (χ2v) is 5.54. The van der Waals surface area contributed by atoms with Crippen LogP contribution in [0.15, 0.2) is 42.5 Å². The highest BCUT2D eigenvalue weighted by molar-refractivity contribution is 5.42. The molecule has 2 aromatic rings. The lowest BCUT2D eigenvalue weighted by molar-refractivity contribution is 0.408. The summed E-state index contributed by atoms with van der Waals surface area (Å²) in [6, 6.07) is 14.8. The van der Waals surface area contributed by atoms with Gasteiger partial charge in [-0.05, 0) is 49.1 Å². The van der Waals surface area contributed by atoms with Crippen molar-refractivity contribution in [3.8, 4) is 17.2 Å². The monoisotopic (exact) mass is 283 g/mol. The summed E-state index contributed by atoms with van der Waals surface area (Å²) in [5.74, 6) is 2.50. The van der Waals surface area contributed by atoms with Crippen LogP contribution in [0.4, 0.5) is 0 Å². The molecule has 1 N–H and O–H groups in total. The van der Waals surface area contributed by atoms with Crippen LogP contribution in [0.2, 0.25) is 0 Å². The van der Waals surface area contributed by atoms with Crippen molar-refractivity contribution in [3.05, 3.63) is 53.6 Å². The normalized spacial score (nSPS) is 14.0. The molecule has 1 aliphatic rings. The molecule has 0 heterocycles. The predicted molar refractivity (Wildman–Crippen MR) is 84.1 cm³/mol. The van der Waals surface area contributed by atoms with E-state index in [0.717, 1.165) is 29.4 Å². The maximum atomic E-state index is 6.01. The van der Waals surface area contributed by atoms with E-state index < -0.39 is 0 Å². The molecule has 0 saturated heterocycles. The lowest BCUT2D eigenvalue weighted by atomic mass is 10.1. The Morgan fingerprint density at radius 2 is 1.90 bits per heavy atom. The van der Waals surface area contributed by atoms with E-state index >= 15 is 0 Å². The van der Waals surface area contributed by atoms with Gasteiger partial charge in [0, 0.05) is 18.7 Å². The van der Waals surface area contributed by atoms with Gasteiger partial charge in [0.25, 0.3) is 0 Å². The Morgan fingerprint density at radius 3 is 2.67 bits per heavy atom. The van der Waals surface area contributed by atoms with Crippen LogP contribution in [-0.2, 0) is 6.54 Å². The summed E-state index contributed by atoms with van der Waals surface area (Å²) in [6.07, 6.45) is 2.61. The maximum Gasteiger partial charge on any atom is 0.131 e. The molecule has 0 atom stereocenters. The van der Waals surface area contributed by atoms with E-state index in [0.29, 0.717) is 6.04 Å². The van der Waals surface area contributed by atoms with E-state index in [1.165, 1.54) is 18.4 Å². The van der Waals surface area contributed by atoms with Crippen LogP contribution in [0, 0.1) is 6.92 Å². The van der Waals surface area contributed by atoms with E-state index in [4.69, 9.17) is 9.47 Å². The first-order valence-corrected chi connectivity index (χ1v) is 7.39. The minimum absolute atomic E-state index is 0.717. The Labute approximate surface area is 125 Å². The van der Waals surface area contributed by atoms with Crippen molar-refractivity contribution in [1.82, 2.24) is 5.32 Å². The zero-order valence-corrected chi connectivity index (χ0v) is 12.6. The second kappa shape index (κ2) is 6.19. The Bertz CT molecular complexity index is 620. The number of aryl methyl sites for hydroxylation is 1. The highest BCUT2D eigenvalue weighted by Crippen LogP contribution is 2.29. The Balaban J connectivity index is 1.74. The molecule has 3 heteroatoms. The van der Waals surface area contributed by atoms with Crippen LogP contribution in [0.3, 0.4) is 0 Å². The van der Waals surface area contributed by atoms with E-state index in [-0.39, 0.29) is 0 Å². The highest BCUT2D eigenvalue weighted by atomic mass is 16.5. The van der Waals surface area contributed by atoms with E-state index in [9.17, 15) is 0 Å². The molecule has 2 aromatic carbocycles. The minimum Gasteiger partial charge on any atom is -0.497 e. The Morgan fingerprint density at radius 1 is 1.10 bits per heavy atom. The fraction of sp³-hybridized carbons (Fsp3) is 0.333. The molecule has 0 amide bonds. The molecule has 21 heavy (non-hydrogen) atoms. The van der Waals surface area contributed by atoms with Gasteiger partial charge < -0.3 is 14.8 Å². The summed E-state index contributed by atoms with van der Waals surface area (Å²) in [5, 5.41) is 3.53. The van der Waals surface area contributed by atoms with Gasteiger partial charge in [-0.3, -0.25) is 0 Å². The van der Waals surface area contributed by atoms with E-state index in [1.807, 2.05) is 24.3 Å². The number of hydrogen-bond acceptors (Lipinski definition) is 3. The number of hydrogen-bond donors (Lipinski definition) is 1. The number of benzene rings is 2. The molecular formula is C18H21NO2. The van der Waals surface area contributed by atoms with Crippen molar-refractivity contribution in [3.63, 3.8) is 0 Å². The Kier molecular flexibility index (Phi) is 4.11. The average Bonchev–Trinajstić information content (AvgIpc) is 3.32. The fourth-order valence-corrected chi connectivity index (χ4v) is 2.21. The number of nitrogens with one attached hydrogen (secondary N) is 1. The van der Waals surface area contributed by atoms with Gasteiger partial charge in [0.15, 0.2) is 0 Å². The number of rotatable bonds is 6. The van der Waals surface area contributed by atoms with Gasteiger partial charge in [-0.15, -0.1) is 0 Å². The molecule has 0 unspecified atom stereocenters. The predicted octanol–water partition coefficient (Wildman–Crippen LogP) is 4.05. The summed E-state index contributed by atoms with van der Waals surface area (Å²) in [4.78, 5) is 0. The second-order valence-electron chi connectivity index (χ2n) is 5.54. The zero-order chi connectivity index (χ0) is 14.7. The van der Waals surface area contributed by atoms with E-state index in [2.05, 4.69) is 30.4 Å². The maximum absolute atomic E-state index is 6.01. The topological polar surface area (TPSA) is 30.5 Å². The molecule has 3 nitrogen and oxygen atoms in total. The molecule has 3 rings (SSSR count). The third-order valence-corrected chi connectivity index (χ3v) is 3.69. The molecular weight excluding hydrogens is 262 g/mol. The lowest BCUT2D eigenvalue weighted by Crippen LogP contribution is -2.15. The summed E-state index contributed by atoms with van der Waals surface area (Å²) < 4.78 is 11.2. The number of ether oxygens (including phenoxy) is 2. The van der Waals surface area contributed by atoms with Gasteiger partial charge in [0.1, 0.15) is 17.2 Å². The lowest BCUT2D eigenvalue weighted by Gasteiger charge is -2.12. The van der Waals surface area contributed by atoms with Crippen LogP contribution in [0.25, 0.3) is 0 Å². The zero-order valence-electron chi connectivity index (χ0n) is 12.6. The first-order chi connectivity index (χ1) is 10.2. The quantitative estimate of drug-likeness (QED) is 0.867. The largest absolute Gasteiger partial charge is 0.497 e. The SMILES string of the molecule is COc1cccc(Oc2cc(CNC3CC3)ccc2C)c1. The minimum atomic E-state index is 0.717. The number of methoxy groups -OCH3 is 1. The molecule has 1 aliphatic carbocycles. The summed E-state index contributed by atoms with van der Waals surface area (Å²) >= 11 is 0. The van der Waals surface area contributed by atoms with Crippen molar-refractivity contribution in [2.75, 3.05) is 7.11 Å². The van der Waals surface area contributed by atoms with E-state index in [1.54, 1.807) is 7.11 Å². The summed E-state index contributed by atoms with van der Waals surface area (Å²) in [5.41, 5.74) is 2.39. The van der Waals surface area contributed by atoms with Crippen LogP contribution in [0.1, 0.15) is 24.0 Å². The standard InChI is InChI=1S/C18H21NO2/c1-13-6-7-14(12-19-15-8-9-15)10-18(13)21-17-5-3-4-16(11-17)20-2/h3-7,10-11,15,19H,8-9,12H2,1-2H3. The molecule has 0 spiro atoms. The first-order valence-electron chi connectivity index (χ1n) is 7.39. The molecule has 1 fully saturated rings. The van der Waals surface area contributed by atoms with Gasteiger partial charge in [-0.2, -0.15) is 0 Å². The van der Waals surface area contributed by atoms with Gasteiger partial charge in [-0.25, -0.2) is 0 Å². The molecule has 0 aliphatic heterocycles. The third kappa shape index (κ3) is 3.76. The summed E-state index contributed by atoms with van der Waals surface area (Å²) in [7, 11) is 1.66. The summed E-state index contributed by atoms with van der Waals surface area (Å²) in [6.45, 7) is 2.97. The smallest absolute Gasteiger partial charge is 0.131 e. The van der Waals surface area contributed by atoms with Gasteiger partial charge >= 0.3 is 0 Å². The van der Waals surface area contributed by atoms with Crippen molar-refractivity contribution < 1.29 is 9.47 Å². The van der Waals surface area contributed by atoms with Crippen LogP contribution in [0.5, 0.6) is 17.2 Å². The van der Waals surface area contributed by atoms with Crippen molar-refractivity contribution in [2.45, 2.75) is 32.4 Å². The van der Waals surface area contributed by atoms with Crippen LogP contribution < -0.4 is 14.8 Å². The van der Waals surface area contributed by atoms with Crippen molar-refractivity contribution in [1.29, 1.82) is 0 Å². The van der Waals surface area contributed by atoms with Crippen molar-refractivity contribution in [2.24, 2.45) is 0 Å². The van der Waals surface area contributed by atoms with Crippen LogP contribution in [-0.4, -0.2) is 13.2 Å². The highest BCUT2D eigenvalue weighted by Gasteiger charge is 2.20. The average molecular weight is 283 g/mol. The molecule has 0 radical (unpaired) electrons. The third-order valence-electron chi connectivity index (χ3n) is 3.69. The van der Waals surface area contributed by atoms with Gasteiger partial charge in [0.2, 0.25) is 0 Å².